The Morgan fingerprint density at radius 1 is 1.21 bits per heavy atom. The third kappa shape index (κ3) is 5.10. The molecule has 0 saturated carbocycles. The summed E-state index contributed by atoms with van der Waals surface area (Å²) in [4.78, 5) is 48.9. The van der Waals surface area contributed by atoms with Gasteiger partial charge in [0.25, 0.3) is 11.8 Å². The van der Waals surface area contributed by atoms with E-state index in [4.69, 9.17) is 4.74 Å². The molecule has 2 aliphatic rings. The highest BCUT2D eigenvalue weighted by atomic mass is 16.5. The number of carboxylic acid groups (broad SMARTS) is 1. The zero-order valence-electron chi connectivity index (χ0n) is 15.8. The van der Waals surface area contributed by atoms with Crippen molar-refractivity contribution in [3.05, 3.63) is 47.1 Å². The number of para-hydroxylation sites is 1. The summed E-state index contributed by atoms with van der Waals surface area (Å²) < 4.78 is 5.15. The van der Waals surface area contributed by atoms with Crippen LogP contribution in [0.3, 0.4) is 0 Å². The van der Waals surface area contributed by atoms with Gasteiger partial charge in [0.1, 0.15) is 17.9 Å². The first-order valence-corrected chi connectivity index (χ1v) is 9.44. The Balaban J connectivity index is 1.80. The molecule has 3 rings (SSSR count). The molecule has 1 aliphatic carbocycles. The molecule has 8 nitrogen and oxygen atoms in total. The predicted octanol–water partition coefficient (Wildman–Crippen LogP) is 1.17. The lowest BCUT2D eigenvalue weighted by Crippen LogP contribution is -2.54. The number of benzene rings is 1. The Labute approximate surface area is 167 Å². The van der Waals surface area contributed by atoms with Crippen LogP contribution in [0.1, 0.15) is 37.7 Å². The predicted molar refractivity (Wildman–Crippen MR) is 101 cm³/mol. The van der Waals surface area contributed by atoms with Gasteiger partial charge in [-0.05, 0) is 44.2 Å². The molecule has 1 aromatic carbocycles. The molecule has 0 bridgehead atoms. The molecule has 1 aromatic rings. The van der Waals surface area contributed by atoms with Crippen LogP contribution >= 0.6 is 0 Å². The van der Waals surface area contributed by atoms with Crippen molar-refractivity contribution in [3.8, 4) is 5.75 Å². The van der Waals surface area contributed by atoms with Gasteiger partial charge in [0.2, 0.25) is 0 Å². The molecule has 1 aliphatic heterocycles. The number of nitrogens with zero attached hydrogens (tertiary/aromatic N) is 1. The van der Waals surface area contributed by atoms with E-state index in [0.717, 1.165) is 30.6 Å². The van der Waals surface area contributed by atoms with Gasteiger partial charge in [0, 0.05) is 12.1 Å². The number of allylic oxidation sites excluding steroid dienone is 1. The second kappa shape index (κ2) is 9.18. The maximum absolute atomic E-state index is 12.8. The Hall–Kier alpha value is -3.42. The number of hydrogen-bond acceptors (Lipinski definition) is 6. The lowest BCUT2D eigenvalue weighted by molar-refractivity contribution is -0.307. The zero-order chi connectivity index (χ0) is 20.8. The molecular weight excluding hydrogens is 376 g/mol. The fraction of sp³-hybridized carbons (Fsp3) is 0.333. The monoisotopic (exact) mass is 397 g/mol. The van der Waals surface area contributed by atoms with Gasteiger partial charge in [-0.3, -0.25) is 19.8 Å². The van der Waals surface area contributed by atoms with Gasteiger partial charge in [-0.1, -0.05) is 29.8 Å². The number of carboxylic acids is 1. The first-order chi connectivity index (χ1) is 14.0. The van der Waals surface area contributed by atoms with Gasteiger partial charge in [-0.2, -0.15) is 0 Å². The highest BCUT2D eigenvalue weighted by molar-refractivity contribution is 6.31. The number of hydrogen-bond donors (Lipinski definition) is 1. The number of amides is 4. The summed E-state index contributed by atoms with van der Waals surface area (Å²) in [6.45, 7) is -0.482. The highest BCUT2D eigenvalue weighted by Crippen LogP contribution is 2.24. The zero-order valence-corrected chi connectivity index (χ0v) is 15.8. The molecule has 0 unspecified atom stereocenters. The molecule has 29 heavy (non-hydrogen) atoms. The number of rotatable bonds is 7. The largest absolute Gasteiger partial charge is 0.546 e. The van der Waals surface area contributed by atoms with Gasteiger partial charge >= 0.3 is 6.03 Å². The van der Waals surface area contributed by atoms with Crippen LogP contribution in [0.15, 0.2) is 41.5 Å². The minimum absolute atomic E-state index is 0.181. The molecule has 1 heterocycles. The average molecular weight is 397 g/mol. The molecule has 0 spiro atoms. The molecule has 1 N–H and O–H groups in total. The van der Waals surface area contributed by atoms with Crippen LogP contribution in [0, 0.1) is 0 Å². The van der Waals surface area contributed by atoms with Crippen molar-refractivity contribution in [2.45, 2.75) is 32.1 Å². The van der Waals surface area contributed by atoms with Crippen LogP contribution in [0.4, 0.5) is 4.79 Å². The van der Waals surface area contributed by atoms with Crippen LogP contribution in [0.2, 0.25) is 0 Å². The maximum atomic E-state index is 12.8. The second-order valence-corrected chi connectivity index (χ2v) is 6.83. The molecule has 0 atom stereocenters. The van der Waals surface area contributed by atoms with Crippen molar-refractivity contribution in [1.82, 2.24) is 10.2 Å². The van der Waals surface area contributed by atoms with Gasteiger partial charge in [0.05, 0.1) is 5.97 Å². The van der Waals surface area contributed by atoms with Crippen molar-refractivity contribution in [2.75, 3.05) is 13.2 Å². The molecule has 8 heteroatoms. The van der Waals surface area contributed by atoms with E-state index in [2.05, 4.69) is 11.4 Å². The SMILES string of the molecule is O=C([O-])COc1ccccc1/C=C1\C(=O)NC(=O)N(CCC2=CCCCC2)C1=O. The molecule has 1 fully saturated rings. The Bertz CT molecular complexity index is 902. The summed E-state index contributed by atoms with van der Waals surface area (Å²) in [5, 5.41) is 12.8. The van der Waals surface area contributed by atoms with Crippen LogP contribution in [0.5, 0.6) is 5.75 Å². The fourth-order valence-electron chi connectivity index (χ4n) is 3.31. The van der Waals surface area contributed by atoms with Crippen molar-refractivity contribution >= 4 is 29.9 Å². The Kier molecular flexibility index (Phi) is 6.43. The van der Waals surface area contributed by atoms with Crippen molar-refractivity contribution in [3.63, 3.8) is 0 Å². The lowest BCUT2D eigenvalue weighted by atomic mass is 9.97. The lowest BCUT2D eigenvalue weighted by Gasteiger charge is -2.27. The van der Waals surface area contributed by atoms with Gasteiger partial charge in [-0.25, -0.2) is 4.79 Å². The maximum Gasteiger partial charge on any atom is 0.331 e. The van der Waals surface area contributed by atoms with E-state index >= 15 is 0 Å². The highest BCUT2D eigenvalue weighted by Gasteiger charge is 2.35. The third-order valence-corrected chi connectivity index (χ3v) is 4.79. The van der Waals surface area contributed by atoms with Crippen molar-refractivity contribution in [1.29, 1.82) is 0 Å². The van der Waals surface area contributed by atoms with E-state index in [1.807, 2.05) is 0 Å². The van der Waals surface area contributed by atoms with Crippen molar-refractivity contribution in [2.24, 2.45) is 0 Å². The molecule has 1 saturated heterocycles. The van der Waals surface area contributed by atoms with Gasteiger partial charge < -0.3 is 14.6 Å². The normalized spacial score (nSPS) is 18.5. The number of imide groups is 2. The van der Waals surface area contributed by atoms with Crippen LogP contribution in [-0.2, 0) is 14.4 Å². The summed E-state index contributed by atoms with van der Waals surface area (Å²) >= 11 is 0. The first kappa shape index (κ1) is 20.3. The van der Waals surface area contributed by atoms with E-state index in [1.54, 1.807) is 18.2 Å². The number of barbiturate groups is 1. The molecule has 0 aromatic heterocycles. The quantitative estimate of drug-likeness (QED) is 0.419. The molecule has 4 amide bonds. The van der Waals surface area contributed by atoms with E-state index in [-0.39, 0.29) is 17.9 Å². The van der Waals surface area contributed by atoms with Crippen LogP contribution in [-0.4, -0.2) is 41.9 Å². The topological polar surface area (TPSA) is 116 Å². The minimum atomic E-state index is -1.40. The molecule has 152 valence electrons. The molecule has 0 radical (unpaired) electrons. The van der Waals surface area contributed by atoms with E-state index < -0.39 is 30.4 Å². The molecular formula is C21H21N2O6-. The van der Waals surface area contributed by atoms with Crippen molar-refractivity contribution < 1.29 is 29.0 Å². The standard InChI is InChI=1S/C21H22N2O6/c24-18(25)13-29-17-9-5-4-8-15(17)12-16-19(26)22-21(28)23(20(16)27)11-10-14-6-2-1-3-7-14/h4-6,8-9,12H,1-3,7,10-11,13H2,(H,24,25)(H,22,26,28)/p-1/b16-12+. The summed E-state index contributed by atoms with van der Waals surface area (Å²) in [6, 6.07) is 5.63. The minimum Gasteiger partial charge on any atom is -0.546 e. The first-order valence-electron chi connectivity index (χ1n) is 9.44. The summed E-state index contributed by atoms with van der Waals surface area (Å²) in [5.74, 6) is -2.71. The number of aliphatic carboxylic acids is 1. The Morgan fingerprint density at radius 3 is 2.72 bits per heavy atom. The smallest absolute Gasteiger partial charge is 0.331 e. The summed E-state index contributed by atoms with van der Waals surface area (Å²) in [7, 11) is 0. The van der Waals surface area contributed by atoms with Crippen LogP contribution < -0.4 is 15.2 Å². The summed E-state index contributed by atoms with van der Waals surface area (Å²) in [6.07, 6.45) is 8.21. The summed E-state index contributed by atoms with van der Waals surface area (Å²) in [5.41, 5.74) is 1.34. The fourth-order valence-corrected chi connectivity index (χ4v) is 3.31. The number of ether oxygens (including phenoxy) is 1. The number of carbonyl (C=O) groups excluding carboxylic acids is 4. The second-order valence-electron chi connectivity index (χ2n) is 6.83. The Morgan fingerprint density at radius 2 is 2.00 bits per heavy atom. The average Bonchev–Trinajstić information content (AvgIpc) is 2.70. The van der Waals surface area contributed by atoms with Gasteiger partial charge in [-0.15, -0.1) is 0 Å². The van der Waals surface area contributed by atoms with E-state index in [0.29, 0.717) is 12.0 Å². The van der Waals surface area contributed by atoms with E-state index in [1.165, 1.54) is 17.7 Å². The third-order valence-electron chi connectivity index (χ3n) is 4.79. The number of nitrogens with one attached hydrogen (secondary N) is 1. The number of carbonyl (C=O) groups is 4. The van der Waals surface area contributed by atoms with E-state index in [9.17, 15) is 24.3 Å². The van der Waals surface area contributed by atoms with Gasteiger partial charge in [0.15, 0.2) is 0 Å². The van der Waals surface area contributed by atoms with Crippen LogP contribution in [0.25, 0.3) is 6.08 Å². The number of urea groups is 1.